The lowest BCUT2D eigenvalue weighted by Gasteiger charge is -2.18. The third kappa shape index (κ3) is 3.02. The molecule has 1 heterocycles. The predicted octanol–water partition coefficient (Wildman–Crippen LogP) is 4.74. The number of aromatic nitrogens is 1. The monoisotopic (exact) mass is 343 g/mol. The summed E-state index contributed by atoms with van der Waals surface area (Å²) in [6.07, 6.45) is 15.9. The number of ether oxygens (including phenoxy) is 1. The lowest BCUT2D eigenvalue weighted by Crippen LogP contribution is -2.07. The Morgan fingerprint density at radius 3 is 2.81 bits per heavy atom. The molecule has 0 bridgehead atoms. The molecule has 0 amide bonds. The van der Waals surface area contributed by atoms with Gasteiger partial charge in [-0.2, -0.15) is 0 Å². The first-order chi connectivity index (χ1) is 12.8. The van der Waals surface area contributed by atoms with Crippen LogP contribution in [-0.2, 0) is 4.74 Å². The second kappa shape index (κ2) is 6.92. The van der Waals surface area contributed by atoms with E-state index < -0.39 is 0 Å². The fourth-order valence-corrected chi connectivity index (χ4v) is 3.27. The largest absolute Gasteiger partial charge is 0.495 e. The van der Waals surface area contributed by atoms with Gasteiger partial charge < -0.3 is 15.8 Å². The molecule has 4 nitrogen and oxygen atoms in total. The fourth-order valence-electron chi connectivity index (χ4n) is 3.27. The molecule has 2 aromatic rings. The van der Waals surface area contributed by atoms with Gasteiger partial charge in [-0.05, 0) is 24.6 Å². The van der Waals surface area contributed by atoms with Gasteiger partial charge in [0.15, 0.2) is 0 Å². The van der Waals surface area contributed by atoms with Crippen molar-refractivity contribution in [2.45, 2.75) is 12.8 Å². The molecule has 0 unspecified atom stereocenters. The number of nitrogens with zero attached hydrogens (tertiary/aromatic N) is 1. The number of allylic oxidation sites excluding steroid dienone is 5. The minimum absolute atomic E-state index is 0.680. The molecule has 130 valence electrons. The van der Waals surface area contributed by atoms with Gasteiger partial charge in [-0.15, -0.1) is 0 Å². The van der Waals surface area contributed by atoms with Crippen LogP contribution in [0.25, 0.3) is 23.1 Å². The molecule has 0 fully saturated rings. The third-order valence-electron chi connectivity index (χ3n) is 4.52. The van der Waals surface area contributed by atoms with Crippen LogP contribution >= 0.6 is 0 Å². The normalized spacial score (nSPS) is 16.1. The number of hydrogen-bond donors (Lipinski definition) is 2. The van der Waals surface area contributed by atoms with Crippen LogP contribution in [0, 0.1) is 0 Å². The molecule has 1 aromatic heterocycles. The van der Waals surface area contributed by atoms with E-state index in [2.05, 4.69) is 35.7 Å². The van der Waals surface area contributed by atoms with E-state index in [0.717, 1.165) is 45.7 Å². The zero-order valence-corrected chi connectivity index (χ0v) is 14.7. The Morgan fingerprint density at radius 2 is 1.92 bits per heavy atom. The van der Waals surface area contributed by atoms with Crippen LogP contribution in [0.15, 0.2) is 71.8 Å². The average Bonchev–Trinajstić information content (AvgIpc) is 2.99. The molecule has 4 rings (SSSR count). The minimum atomic E-state index is 0.680. The molecular formula is C22H21N3O. The van der Waals surface area contributed by atoms with Crippen LogP contribution in [0.5, 0.6) is 0 Å². The smallest absolute Gasteiger partial charge is 0.140 e. The first-order valence-corrected chi connectivity index (χ1v) is 8.70. The zero-order chi connectivity index (χ0) is 17.9. The van der Waals surface area contributed by atoms with Gasteiger partial charge in [0.05, 0.1) is 29.7 Å². The molecular weight excluding hydrogens is 322 g/mol. The van der Waals surface area contributed by atoms with Crippen LogP contribution in [0.1, 0.15) is 24.1 Å². The number of rotatable bonds is 3. The van der Waals surface area contributed by atoms with Crippen molar-refractivity contribution in [1.29, 1.82) is 0 Å². The summed E-state index contributed by atoms with van der Waals surface area (Å²) < 4.78 is 5.58. The fraction of sp³-hybridized carbons (Fsp3) is 0.136. The Balaban J connectivity index is 1.92. The molecule has 0 atom stereocenters. The summed E-state index contributed by atoms with van der Waals surface area (Å²) in [5.74, 6) is 0.746. The SMILES string of the molecule is COC1=C(Nc2c3c(nc4ccccc24)C=CCC=C3)CC=CC(N)=C1. The average molecular weight is 343 g/mol. The van der Waals surface area contributed by atoms with Crippen molar-refractivity contribution in [3.63, 3.8) is 0 Å². The number of benzene rings is 1. The van der Waals surface area contributed by atoms with Gasteiger partial charge in [-0.1, -0.05) is 42.5 Å². The summed E-state index contributed by atoms with van der Waals surface area (Å²) in [5, 5.41) is 4.70. The van der Waals surface area contributed by atoms with Crippen LogP contribution in [0.4, 0.5) is 5.69 Å². The van der Waals surface area contributed by atoms with E-state index in [1.165, 1.54) is 0 Å². The van der Waals surface area contributed by atoms with Gasteiger partial charge in [0.25, 0.3) is 0 Å². The first kappa shape index (κ1) is 16.2. The number of nitrogens with two attached hydrogens (primary N) is 1. The maximum atomic E-state index is 5.98. The number of anilines is 1. The van der Waals surface area contributed by atoms with Crippen molar-refractivity contribution < 1.29 is 4.74 Å². The molecule has 1 aromatic carbocycles. The van der Waals surface area contributed by atoms with Crippen molar-refractivity contribution in [2.75, 3.05) is 12.4 Å². The van der Waals surface area contributed by atoms with E-state index in [9.17, 15) is 0 Å². The van der Waals surface area contributed by atoms with E-state index in [4.69, 9.17) is 15.5 Å². The van der Waals surface area contributed by atoms with E-state index in [0.29, 0.717) is 12.1 Å². The number of nitrogens with one attached hydrogen (secondary N) is 1. The quantitative estimate of drug-likeness (QED) is 0.845. The van der Waals surface area contributed by atoms with Crippen molar-refractivity contribution >= 4 is 28.7 Å². The molecule has 0 saturated carbocycles. The van der Waals surface area contributed by atoms with Crippen molar-refractivity contribution in [3.05, 3.63) is 83.1 Å². The van der Waals surface area contributed by atoms with E-state index in [-0.39, 0.29) is 0 Å². The Labute approximate surface area is 153 Å². The van der Waals surface area contributed by atoms with Gasteiger partial charge in [0.2, 0.25) is 0 Å². The molecule has 4 heteroatoms. The molecule has 0 saturated heterocycles. The molecule has 0 radical (unpaired) electrons. The highest BCUT2D eigenvalue weighted by Crippen LogP contribution is 2.34. The van der Waals surface area contributed by atoms with Crippen LogP contribution < -0.4 is 11.1 Å². The second-order valence-corrected chi connectivity index (χ2v) is 6.27. The molecule has 2 aliphatic carbocycles. The minimum Gasteiger partial charge on any atom is -0.495 e. The van der Waals surface area contributed by atoms with Gasteiger partial charge in [0, 0.05) is 29.1 Å². The molecule has 0 spiro atoms. The number of pyridine rings is 1. The standard InChI is InChI=1S/C22H21N3O/c1-26-21-14-15(23)8-7-13-20(21)25-22-16-9-3-2-4-11-18(16)24-19-12-6-5-10-17(19)22/h3-12,14H,2,13,23H2,1H3,(H,24,25). The topological polar surface area (TPSA) is 60.2 Å². The first-order valence-electron chi connectivity index (χ1n) is 8.70. The second-order valence-electron chi connectivity index (χ2n) is 6.27. The number of hydrogen-bond acceptors (Lipinski definition) is 4. The highest BCUT2D eigenvalue weighted by Gasteiger charge is 2.16. The van der Waals surface area contributed by atoms with Crippen molar-refractivity contribution in [1.82, 2.24) is 4.98 Å². The number of fused-ring (bicyclic) bond motifs is 2. The Morgan fingerprint density at radius 1 is 1.08 bits per heavy atom. The predicted molar refractivity (Wildman–Crippen MR) is 108 cm³/mol. The highest BCUT2D eigenvalue weighted by atomic mass is 16.5. The Hall–Kier alpha value is -3.27. The Bertz CT molecular complexity index is 1010. The highest BCUT2D eigenvalue weighted by molar-refractivity contribution is 5.98. The van der Waals surface area contributed by atoms with Crippen LogP contribution in [0.3, 0.4) is 0 Å². The lowest BCUT2D eigenvalue weighted by molar-refractivity contribution is 0.302. The summed E-state index contributed by atoms with van der Waals surface area (Å²) in [5.41, 5.74) is 11.7. The van der Waals surface area contributed by atoms with Gasteiger partial charge in [0.1, 0.15) is 5.76 Å². The summed E-state index contributed by atoms with van der Waals surface area (Å²) in [6.45, 7) is 0. The lowest BCUT2D eigenvalue weighted by atomic mass is 10.0. The van der Waals surface area contributed by atoms with Crippen molar-refractivity contribution in [2.24, 2.45) is 5.73 Å². The van der Waals surface area contributed by atoms with E-state index >= 15 is 0 Å². The third-order valence-corrected chi connectivity index (χ3v) is 4.52. The van der Waals surface area contributed by atoms with E-state index in [1.807, 2.05) is 36.4 Å². The zero-order valence-electron chi connectivity index (χ0n) is 14.7. The maximum absolute atomic E-state index is 5.98. The van der Waals surface area contributed by atoms with Crippen LogP contribution in [0.2, 0.25) is 0 Å². The van der Waals surface area contributed by atoms with E-state index in [1.54, 1.807) is 7.11 Å². The molecule has 0 aliphatic heterocycles. The maximum Gasteiger partial charge on any atom is 0.140 e. The van der Waals surface area contributed by atoms with Gasteiger partial charge in [-0.25, -0.2) is 4.98 Å². The van der Waals surface area contributed by atoms with Gasteiger partial charge >= 0.3 is 0 Å². The molecule has 2 aliphatic rings. The van der Waals surface area contributed by atoms with Crippen LogP contribution in [-0.4, -0.2) is 12.1 Å². The number of para-hydroxylation sites is 1. The van der Waals surface area contributed by atoms with Crippen molar-refractivity contribution in [3.8, 4) is 0 Å². The molecule has 3 N–H and O–H groups in total. The summed E-state index contributed by atoms with van der Waals surface area (Å²) in [4.78, 5) is 4.83. The molecule has 26 heavy (non-hydrogen) atoms. The number of methoxy groups -OCH3 is 1. The summed E-state index contributed by atoms with van der Waals surface area (Å²) >= 11 is 0. The summed E-state index contributed by atoms with van der Waals surface area (Å²) in [7, 11) is 1.67. The summed E-state index contributed by atoms with van der Waals surface area (Å²) in [6, 6.07) is 8.19. The Kier molecular flexibility index (Phi) is 4.32. The van der Waals surface area contributed by atoms with Gasteiger partial charge in [-0.3, -0.25) is 0 Å².